The largest absolute Gasteiger partial charge is 0.455 e. The molecular formula is C27H28FN3O3. The number of aliphatic hydroxyl groups is 1. The number of carbonyl (C=O) groups is 1. The number of carbonyl (C=O) groups excluding carboxylic acids is 1. The van der Waals surface area contributed by atoms with Crippen molar-refractivity contribution >= 4 is 22.6 Å². The van der Waals surface area contributed by atoms with Crippen LogP contribution in [0.4, 0.5) is 10.1 Å². The van der Waals surface area contributed by atoms with E-state index in [1.165, 1.54) is 12.1 Å². The van der Waals surface area contributed by atoms with Gasteiger partial charge in [-0.15, -0.1) is 0 Å². The summed E-state index contributed by atoms with van der Waals surface area (Å²) < 4.78 is 19.5. The topological polar surface area (TPSA) is 101 Å². The van der Waals surface area contributed by atoms with Gasteiger partial charge in [0.2, 0.25) is 0 Å². The number of benzene rings is 3. The van der Waals surface area contributed by atoms with Crippen LogP contribution in [0.5, 0.6) is 0 Å². The van der Waals surface area contributed by atoms with E-state index in [0.29, 0.717) is 40.1 Å². The Morgan fingerprint density at radius 3 is 2.50 bits per heavy atom. The third-order valence-corrected chi connectivity index (χ3v) is 5.83. The molecule has 0 bridgehead atoms. The minimum absolute atomic E-state index is 0.0233. The number of hydrogen-bond acceptors (Lipinski definition) is 5. The first-order valence-corrected chi connectivity index (χ1v) is 11.0. The number of halogens is 1. The number of anilines is 1. The fourth-order valence-electron chi connectivity index (χ4n) is 3.81. The molecule has 0 saturated carbocycles. The van der Waals surface area contributed by atoms with Crippen molar-refractivity contribution in [1.82, 2.24) is 10.6 Å². The summed E-state index contributed by atoms with van der Waals surface area (Å²) in [6.07, 6.45) is 0. The molecule has 3 aromatic carbocycles. The second-order valence-electron chi connectivity index (χ2n) is 8.92. The Morgan fingerprint density at radius 2 is 1.82 bits per heavy atom. The van der Waals surface area contributed by atoms with E-state index in [0.717, 1.165) is 16.7 Å². The van der Waals surface area contributed by atoms with Crippen LogP contribution in [0.3, 0.4) is 0 Å². The first-order valence-electron chi connectivity index (χ1n) is 11.0. The standard InChI is InChI=1S/C27H28FN3O3/c1-27(2,15-32)31-14-16-5-4-6-18(11-16)20-12-21-23(13-22(20)29)34-25(24(21)26(33)30-3)17-7-9-19(28)10-8-17/h4-13,31-32H,14-15,29H2,1-3H3,(H,30,33). The number of rotatable bonds is 7. The van der Waals surface area contributed by atoms with Gasteiger partial charge in [-0.1, -0.05) is 18.2 Å². The molecule has 176 valence electrons. The van der Waals surface area contributed by atoms with Crippen LogP contribution >= 0.6 is 0 Å². The van der Waals surface area contributed by atoms with Gasteiger partial charge in [-0.3, -0.25) is 4.79 Å². The Balaban J connectivity index is 1.81. The number of fused-ring (bicyclic) bond motifs is 1. The summed E-state index contributed by atoms with van der Waals surface area (Å²) >= 11 is 0. The SMILES string of the molecule is CNC(=O)c1c(-c2ccc(F)cc2)oc2cc(N)c(-c3cccc(CNC(C)(C)CO)c3)cc12. The molecule has 0 fully saturated rings. The quantitative estimate of drug-likeness (QED) is 0.299. The van der Waals surface area contributed by atoms with E-state index in [1.54, 1.807) is 25.2 Å². The summed E-state index contributed by atoms with van der Waals surface area (Å²) in [7, 11) is 1.55. The van der Waals surface area contributed by atoms with E-state index in [2.05, 4.69) is 10.6 Å². The highest BCUT2D eigenvalue weighted by atomic mass is 19.1. The van der Waals surface area contributed by atoms with Gasteiger partial charge in [-0.2, -0.15) is 0 Å². The van der Waals surface area contributed by atoms with E-state index in [1.807, 2.05) is 44.2 Å². The number of nitrogen functional groups attached to an aromatic ring is 1. The monoisotopic (exact) mass is 461 g/mol. The van der Waals surface area contributed by atoms with Gasteiger partial charge >= 0.3 is 0 Å². The Labute approximate surface area is 197 Å². The molecule has 0 radical (unpaired) electrons. The summed E-state index contributed by atoms with van der Waals surface area (Å²) in [5.41, 5.74) is 10.6. The van der Waals surface area contributed by atoms with Crippen LogP contribution < -0.4 is 16.4 Å². The molecule has 0 aliphatic carbocycles. The molecule has 0 aliphatic heterocycles. The molecular weight excluding hydrogens is 433 g/mol. The maximum Gasteiger partial charge on any atom is 0.255 e. The number of aliphatic hydroxyl groups excluding tert-OH is 1. The number of furan rings is 1. The first kappa shape index (κ1) is 23.5. The van der Waals surface area contributed by atoms with Gasteiger partial charge in [-0.05, 0) is 61.4 Å². The molecule has 1 heterocycles. The van der Waals surface area contributed by atoms with Crippen molar-refractivity contribution in [2.75, 3.05) is 19.4 Å². The molecule has 0 spiro atoms. The van der Waals surface area contributed by atoms with Crippen molar-refractivity contribution in [3.05, 3.63) is 77.6 Å². The lowest BCUT2D eigenvalue weighted by atomic mass is 9.97. The van der Waals surface area contributed by atoms with Crippen LogP contribution in [-0.2, 0) is 6.54 Å². The number of hydrogen-bond donors (Lipinski definition) is 4. The average molecular weight is 462 g/mol. The van der Waals surface area contributed by atoms with Gasteiger partial charge in [0.15, 0.2) is 0 Å². The Bertz CT molecular complexity index is 1340. The molecule has 34 heavy (non-hydrogen) atoms. The van der Waals surface area contributed by atoms with Gasteiger partial charge in [0.05, 0.1) is 12.2 Å². The minimum Gasteiger partial charge on any atom is -0.455 e. The third kappa shape index (κ3) is 4.66. The molecule has 4 aromatic rings. The van der Waals surface area contributed by atoms with E-state index in [9.17, 15) is 14.3 Å². The molecule has 0 aliphatic rings. The summed E-state index contributed by atoms with van der Waals surface area (Å²) in [5.74, 6) is -0.322. The molecule has 1 aromatic heterocycles. The molecule has 0 atom stereocenters. The molecule has 6 nitrogen and oxygen atoms in total. The summed E-state index contributed by atoms with van der Waals surface area (Å²) in [4.78, 5) is 12.8. The van der Waals surface area contributed by atoms with E-state index >= 15 is 0 Å². The number of nitrogens with two attached hydrogens (primary N) is 1. The fourth-order valence-corrected chi connectivity index (χ4v) is 3.81. The molecule has 5 N–H and O–H groups in total. The smallest absolute Gasteiger partial charge is 0.255 e. The van der Waals surface area contributed by atoms with Gasteiger partial charge in [0, 0.05) is 47.4 Å². The van der Waals surface area contributed by atoms with Gasteiger partial charge in [-0.25, -0.2) is 4.39 Å². The predicted octanol–water partition coefficient (Wildman–Crippen LogP) is 4.71. The Morgan fingerprint density at radius 1 is 1.09 bits per heavy atom. The Kier molecular flexibility index (Phi) is 6.41. The molecule has 7 heteroatoms. The van der Waals surface area contributed by atoms with Crippen molar-refractivity contribution in [3.63, 3.8) is 0 Å². The number of nitrogens with one attached hydrogen (secondary N) is 2. The maximum atomic E-state index is 13.5. The summed E-state index contributed by atoms with van der Waals surface area (Å²) in [5, 5.41) is 16.1. The van der Waals surface area contributed by atoms with Crippen LogP contribution in [0.1, 0.15) is 29.8 Å². The highest BCUT2D eigenvalue weighted by molar-refractivity contribution is 6.12. The normalized spacial score (nSPS) is 11.7. The minimum atomic E-state index is -0.399. The van der Waals surface area contributed by atoms with Crippen LogP contribution in [0.2, 0.25) is 0 Å². The second kappa shape index (κ2) is 9.29. The maximum absolute atomic E-state index is 13.5. The average Bonchev–Trinajstić information content (AvgIpc) is 3.20. The molecule has 0 saturated heterocycles. The van der Waals surface area contributed by atoms with Crippen LogP contribution in [-0.4, -0.2) is 30.2 Å². The second-order valence-corrected chi connectivity index (χ2v) is 8.92. The van der Waals surface area contributed by atoms with Gasteiger partial charge in [0.25, 0.3) is 5.91 Å². The third-order valence-electron chi connectivity index (χ3n) is 5.83. The summed E-state index contributed by atoms with van der Waals surface area (Å²) in [6, 6.07) is 17.3. The van der Waals surface area contributed by atoms with Crippen LogP contribution in [0.15, 0.2) is 65.1 Å². The first-order chi connectivity index (χ1) is 16.2. The molecule has 1 amide bonds. The highest BCUT2D eigenvalue weighted by Gasteiger charge is 2.23. The molecule has 4 rings (SSSR count). The zero-order valence-electron chi connectivity index (χ0n) is 19.4. The van der Waals surface area contributed by atoms with Crippen molar-refractivity contribution in [2.45, 2.75) is 25.9 Å². The molecule has 0 unspecified atom stereocenters. The lowest BCUT2D eigenvalue weighted by molar-refractivity contribution is 0.0964. The van der Waals surface area contributed by atoms with Crippen LogP contribution in [0, 0.1) is 5.82 Å². The Hall–Kier alpha value is -3.68. The van der Waals surface area contributed by atoms with Gasteiger partial charge < -0.3 is 25.9 Å². The van der Waals surface area contributed by atoms with Gasteiger partial charge in [0.1, 0.15) is 17.2 Å². The number of amides is 1. The lowest BCUT2D eigenvalue weighted by Crippen LogP contribution is -2.42. The zero-order valence-corrected chi connectivity index (χ0v) is 19.4. The van der Waals surface area contributed by atoms with E-state index in [4.69, 9.17) is 10.2 Å². The van der Waals surface area contributed by atoms with E-state index in [-0.39, 0.29) is 18.3 Å². The fraction of sp³-hybridized carbons (Fsp3) is 0.222. The van der Waals surface area contributed by atoms with E-state index < -0.39 is 5.54 Å². The lowest BCUT2D eigenvalue weighted by Gasteiger charge is -2.23. The van der Waals surface area contributed by atoms with Crippen molar-refractivity contribution in [2.24, 2.45) is 0 Å². The van der Waals surface area contributed by atoms with Crippen molar-refractivity contribution in [1.29, 1.82) is 0 Å². The van der Waals surface area contributed by atoms with Crippen molar-refractivity contribution in [3.8, 4) is 22.5 Å². The van der Waals surface area contributed by atoms with Crippen LogP contribution in [0.25, 0.3) is 33.4 Å². The van der Waals surface area contributed by atoms with Crippen molar-refractivity contribution < 1.29 is 18.7 Å². The summed E-state index contributed by atoms with van der Waals surface area (Å²) in [6.45, 7) is 4.46. The highest BCUT2D eigenvalue weighted by Crippen LogP contribution is 2.39. The zero-order chi connectivity index (χ0) is 24.5. The predicted molar refractivity (Wildman–Crippen MR) is 133 cm³/mol.